The van der Waals surface area contributed by atoms with Gasteiger partial charge in [0.05, 0.1) is 11.7 Å². The average Bonchev–Trinajstić information content (AvgIpc) is 2.83. The summed E-state index contributed by atoms with van der Waals surface area (Å²) >= 11 is 0. The number of amides is 1. The first kappa shape index (κ1) is 16.8. The molecule has 0 unspecified atom stereocenters. The van der Waals surface area contributed by atoms with E-state index in [1.165, 1.54) is 12.4 Å². The number of hydrogen-bond acceptors (Lipinski definition) is 9. The third-order valence-electron chi connectivity index (χ3n) is 3.86. The van der Waals surface area contributed by atoms with E-state index in [-0.39, 0.29) is 12.5 Å². The van der Waals surface area contributed by atoms with E-state index in [2.05, 4.69) is 25.3 Å². The van der Waals surface area contributed by atoms with Crippen molar-refractivity contribution in [3.05, 3.63) is 30.2 Å². The quantitative estimate of drug-likeness (QED) is 0.655. The van der Waals surface area contributed by atoms with Crippen molar-refractivity contribution in [1.82, 2.24) is 24.8 Å². The summed E-state index contributed by atoms with van der Waals surface area (Å²) in [6.07, 6.45) is 3.78. The molecule has 1 aliphatic rings. The second kappa shape index (κ2) is 7.26. The second-order valence-corrected chi connectivity index (χ2v) is 5.68. The van der Waals surface area contributed by atoms with Gasteiger partial charge in [-0.05, 0) is 6.07 Å². The van der Waals surface area contributed by atoms with Crippen molar-refractivity contribution in [3.63, 3.8) is 0 Å². The minimum atomic E-state index is -0.728. The zero-order valence-corrected chi connectivity index (χ0v) is 13.8. The van der Waals surface area contributed by atoms with E-state index in [0.717, 1.165) is 0 Å². The van der Waals surface area contributed by atoms with E-state index in [4.69, 9.17) is 5.73 Å². The maximum Gasteiger partial charge on any atom is 0.257 e. The normalized spacial score (nSPS) is 17.9. The van der Waals surface area contributed by atoms with E-state index < -0.39 is 6.10 Å². The van der Waals surface area contributed by atoms with Crippen molar-refractivity contribution in [2.24, 2.45) is 0 Å². The van der Waals surface area contributed by atoms with Gasteiger partial charge in [-0.25, -0.2) is 15.0 Å². The fourth-order valence-electron chi connectivity index (χ4n) is 2.62. The molecule has 2 aromatic rings. The SMILES string of the molecule is CNc1ncc(C(=O)N2CCN(c3nccc(N)n3)C[C@@H](O)C2)cn1. The highest BCUT2D eigenvalue weighted by atomic mass is 16.3. The second-order valence-electron chi connectivity index (χ2n) is 5.68. The van der Waals surface area contributed by atoms with Crippen molar-refractivity contribution in [3.8, 4) is 0 Å². The number of anilines is 3. The van der Waals surface area contributed by atoms with E-state index in [1.807, 2.05) is 4.90 Å². The van der Waals surface area contributed by atoms with Crippen LogP contribution in [0, 0.1) is 0 Å². The number of hydrogen-bond donors (Lipinski definition) is 3. The molecule has 25 heavy (non-hydrogen) atoms. The molecule has 1 fully saturated rings. The van der Waals surface area contributed by atoms with Crippen LogP contribution >= 0.6 is 0 Å². The topological polar surface area (TPSA) is 133 Å². The van der Waals surface area contributed by atoms with Gasteiger partial charge in [0.2, 0.25) is 11.9 Å². The van der Waals surface area contributed by atoms with E-state index in [9.17, 15) is 9.90 Å². The number of aromatic nitrogens is 4. The van der Waals surface area contributed by atoms with E-state index in [1.54, 1.807) is 24.2 Å². The summed E-state index contributed by atoms with van der Waals surface area (Å²) in [6, 6.07) is 1.60. The first-order chi connectivity index (χ1) is 12.1. The Labute approximate surface area is 144 Å². The van der Waals surface area contributed by atoms with E-state index in [0.29, 0.717) is 42.9 Å². The molecule has 0 saturated carbocycles. The number of nitrogen functional groups attached to an aromatic ring is 1. The zero-order chi connectivity index (χ0) is 17.8. The Kier molecular flexibility index (Phi) is 4.89. The lowest BCUT2D eigenvalue weighted by atomic mass is 10.2. The predicted octanol–water partition coefficient (Wildman–Crippen LogP) is -0.786. The Morgan fingerprint density at radius 3 is 2.72 bits per heavy atom. The zero-order valence-electron chi connectivity index (χ0n) is 13.8. The number of β-amino-alcohol motifs (C(OH)–C–C–N with tert-alkyl or cyclic N) is 1. The molecule has 1 amide bonds. The first-order valence-corrected chi connectivity index (χ1v) is 7.87. The fourth-order valence-corrected chi connectivity index (χ4v) is 2.62. The lowest BCUT2D eigenvalue weighted by Crippen LogP contribution is -2.37. The maximum atomic E-state index is 12.6. The van der Waals surface area contributed by atoms with Crippen LogP contribution in [0.4, 0.5) is 17.7 Å². The minimum Gasteiger partial charge on any atom is -0.389 e. The predicted molar refractivity (Wildman–Crippen MR) is 92.1 cm³/mol. The summed E-state index contributed by atoms with van der Waals surface area (Å²) in [5, 5.41) is 13.1. The van der Waals surface area contributed by atoms with Crippen LogP contribution in [0.1, 0.15) is 10.4 Å². The lowest BCUT2D eigenvalue weighted by molar-refractivity contribution is 0.0673. The van der Waals surface area contributed by atoms with Crippen molar-refractivity contribution < 1.29 is 9.90 Å². The third kappa shape index (κ3) is 3.91. The van der Waals surface area contributed by atoms with Crippen LogP contribution in [-0.2, 0) is 0 Å². The molecule has 1 saturated heterocycles. The molecular formula is C15H20N8O2. The van der Waals surface area contributed by atoms with Crippen LogP contribution in [0.25, 0.3) is 0 Å². The Bertz CT molecular complexity index is 739. The highest BCUT2D eigenvalue weighted by Crippen LogP contribution is 2.14. The van der Waals surface area contributed by atoms with Gasteiger partial charge in [-0.2, -0.15) is 4.98 Å². The average molecular weight is 344 g/mol. The standard InChI is InChI=1S/C15H20N8O2/c1-17-14-19-6-10(7-20-14)13(25)22-4-5-23(9-11(24)8-22)15-18-3-2-12(16)21-15/h2-3,6-7,11,24H,4-5,8-9H2,1H3,(H2,16,18,21)(H,17,19,20)/t11-/m0/s1. The number of carbonyl (C=O) groups is 1. The maximum absolute atomic E-state index is 12.6. The highest BCUT2D eigenvalue weighted by Gasteiger charge is 2.26. The summed E-state index contributed by atoms with van der Waals surface area (Å²) in [5.74, 6) is 1.02. The Morgan fingerprint density at radius 1 is 1.28 bits per heavy atom. The van der Waals surface area contributed by atoms with E-state index >= 15 is 0 Å². The summed E-state index contributed by atoms with van der Waals surface area (Å²) in [5.41, 5.74) is 6.07. The molecule has 0 aromatic carbocycles. The number of nitrogens with two attached hydrogens (primary N) is 1. The molecule has 2 aromatic heterocycles. The van der Waals surface area contributed by atoms with Crippen LogP contribution in [0.2, 0.25) is 0 Å². The molecule has 3 heterocycles. The number of aliphatic hydroxyl groups is 1. The van der Waals surface area contributed by atoms with Gasteiger partial charge in [0, 0.05) is 51.8 Å². The van der Waals surface area contributed by atoms with Crippen molar-refractivity contribution in [2.75, 3.05) is 49.2 Å². The van der Waals surface area contributed by atoms with Gasteiger partial charge in [-0.1, -0.05) is 0 Å². The van der Waals surface area contributed by atoms with Crippen molar-refractivity contribution in [1.29, 1.82) is 0 Å². The number of rotatable bonds is 3. The molecule has 0 bridgehead atoms. The number of nitrogens with zero attached hydrogens (tertiary/aromatic N) is 6. The Hall–Kier alpha value is -3.01. The molecule has 0 spiro atoms. The van der Waals surface area contributed by atoms with Crippen LogP contribution < -0.4 is 16.0 Å². The van der Waals surface area contributed by atoms with Crippen LogP contribution in [-0.4, -0.2) is 75.2 Å². The van der Waals surface area contributed by atoms with Gasteiger partial charge in [0.1, 0.15) is 5.82 Å². The molecule has 10 nitrogen and oxygen atoms in total. The van der Waals surface area contributed by atoms with Gasteiger partial charge in [-0.3, -0.25) is 4.79 Å². The number of nitrogens with one attached hydrogen (secondary N) is 1. The summed E-state index contributed by atoms with van der Waals surface area (Å²) in [7, 11) is 1.70. The summed E-state index contributed by atoms with van der Waals surface area (Å²) in [4.78, 5) is 32.5. The first-order valence-electron chi connectivity index (χ1n) is 7.87. The molecule has 1 aliphatic heterocycles. The lowest BCUT2D eigenvalue weighted by Gasteiger charge is -2.21. The van der Waals surface area contributed by atoms with Gasteiger partial charge >= 0.3 is 0 Å². The summed E-state index contributed by atoms with van der Waals surface area (Å²) < 4.78 is 0. The van der Waals surface area contributed by atoms with Gasteiger partial charge in [0.25, 0.3) is 5.91 Å². The van der Waals surface area contributed by atoms with Crippen molar-refractivity contribution in [2.45, 2.75) is 6.10 Å². The van der Waals surface area contributed by atoms with Gasteiger partial charge in [0.15, 0.2) is 0 Å². The molecular weight excluding hydrogens is 324 g/mol. The van der Waals surface area contributed by atoms with Gasteiger partial charge in [-0.15, -0.1) is 0 Å². The van der Waals surface area contributed by atoms with Gasteiger partial charge < -0.3 is 26.0 Å². The van der Waals surface area contributed by atoms with Crippen LogP contribution in [0.15, 0.2) is 24.7 Å². The Morgan fingerprint density at radius 2 is 2.04 bits per heavy atom. The van der Waals surface area contributed by atoms with Crippen molar-refractivity contribution >= 4 is 23.6 Å². The molecule has 10 heteroatoms. The molecule has 1 atom stereocenters. The highest BCUT2D eigenvalue weighted by molar-refractivity contribution is 5.93. The molecule has 0 aliphatic carbocycles. The largest absolute Gasteiger partial charge is 0.389 e. The molecule has 132 valence electrons. The molecule has 0 radical (unpaired) electrons. The Balaban J connectivity index is 1.72. The molecule has 4 N–H and O–H groups in total. The minimum absolute atomic E-state index is 0.214. The number of aliphatic hydroxyl groups excluding tert-OH is 1. The van der Waals surface area contributed by atoms with Crippen LogP contribution in [0.5, 0.6) is 0 Å². The number of carbonyl (C=O) groups excluding carboxylic acids is 1. The molecule has 3 rings (SSSR count). The van der Waals surface area contributed by atoms with Crippen LogP contribution in [0.3, 0.4) is 0 Å². The smallest absolute Gasteiger partial charge is 0.257 e. The fraction of sp³-hybridized carbons (Fsp3) is 0.400. The third-order valence-corrected chi connectivity index (χ3v) is 3.86. The monoisotopic (exact) mass is 344 g/mol. The summed E-state index contributed by atoms with van der Waals surface area (Å²) in [6.45, 7) is 1.44.